The van der Waals surface area contributed by atoms with Crippen LogP contribution in [-0.2, 0) is 4.79 Å². The number of carbonyl (C=O) groups is 1. The molecule has 0 spiro atoms. The van der Waals surface area contributed by atoms with Crippen LogP contribution < -0.4 is 16.4 Å². The van der Waals surface area contributed by atoms with Crippen LogP contribution in [0, 0.1) is 5.92 Å². The summed E-state index contributed by atoms with van der Waals surface area (Å²) in [5, 5.41) is 17.1. The molecule has 0 aliphatic carbocycles. The van der Waals surface area contributed by atoms with Gasteiger partial charge in [-0.1, -0.05) is 19.0 Å². The van der Waals surface area contributed by atoms with Gasteiger partial charge in [-0.2, -0.15) is 0 Å². The van der Waals surface area contributed by atoms with E-state index in [1.54, 1.807) is 13.8 Å². The number of amidine groups is 1. The Bertz CT molecular complexity index is 253. The molecule has 6 heteroatoms. The minimum Gasteiger partial charge on any atom is -0.409 e. The highest BCUT2D eigenvalue weighted by Gasteiger charge is 2.17. The summed E-state index contributed by atoms with van der Waals surface area (Å²) in [4.78, 5) is 11.6. The van der Waals surface area contributed by atoms with Gasteiger partial charge in [0.05, 0.1) is 12.1 Å². The summed E-state index contributed by atoms with van der Waals surface area (Å²) >= 11 is 0. The molecule has 0 aromatic carbocycles. The van der Waals surface area contributed by atoms with E-state index in [2.05, 4.69) is 15.8 Å². The van der Waals surface area contributed by atoms with Gasteiger partial charge in [-0.05, 0) is 19.8 Å². The van der Waals surface area contributed by atoms with Gasteiger partial charge in [0, 0.05) is 6.54 Å². The molecule has 0 radical (unpaired) electrons. The van der Waals surface area contributed by atoms with Gasteiger partial charge in [0.15, 0.2) is 5.84 Å². The van der Waals surface area contributed by atoms with E-state index in [1.807, 2.05) is 13.8 Å². The van der Waals surface area contributed by atoms with E-state index < -0.39 is 0 Å². The number of rotatable bonds is 6. The highest BCUT2D eigenvalue weighted by atomic mass is 16.4. The van der Waals surface area contributed by atoms with Gasteiger partial charge in [-0.3, -0.25) is 10.1 Å². The fourth-order valence-corrected chi connectivity index (χ4v) is 1.08. The number of carbonyl (C=O) groups excluding carboxylic acids is 1. The van der Waals surface area contributed by atoms with Crippen LogP contribution in [0.1, 0.15) is 27.7 Å². The summed E-state index contributed by atoms with van der Waals surface area (Å²) in [6.45, 7) is 8.15. The van der Waals surface area contributed by atoms with Crippen molar-refractivity contribution in [1.82, 2.24) is 10.6 Å². The molecule has 0 saturated heterocycles. The van der Waals surface area contributed by atoms with Crippen LogP contribution in [0.25, 0.3) is 0 Å². The molecule has 94 valence electrons. The first-order valence-electron chi connectivity index (χ1n) is 5.39. The molecule has 0 rings (SSSR count). The van der Waals surface area contributed by atoms with Gasteiger partial charge < -0.3 is 16.3 Å². The minimum absolute atomic E-state index is 0.0588. The normalized spacial score (nSPS) is 15.9. The zero-order valence-electron chi connectivity index (χ0n) is 10.3. The second kappa shape index (κ2) is 7.05. The summed E-state index contributed by atoms with van der Waals surface area (Å²) in [5.74, 6) is 0.382. The lowest BCUT2D eigenvalue weighted by Gasteiger charge is -2.19. The molecule has 5 N–H and O–H groups in total. The van der Waals surface area contributed by atoms with Crippen LogP contribution in [-0.4, -0.2) is 35.6 Å². The quantitative estimate of drug-likeness (QED) is 0.221. The lowest BCUT2D eigenvalue weighted by atomic mass is 10.2. The Hall–Kier alpha value is -1.30. The van der Waals surface area contributed by atoms with Crippen LogP contribution in [0.3, 0.4) is 0 Å². The standard InChI is InChI=1S/C10H22N4O2/c1-6(2)5-12-10(15)8(4)13-7(3)9(11)14-16/h6-8,13,16H,5H2,1-4H3,(H2,11,14)(H,12,15). The van der Waals surface area contributed by atoms with Gasteiger partial charge in [-0.15, -0.1) is 0 Å². The van der Waals surface area contributed by atoms with E-state index in [1.165, 1.54) is 0 Å². The van der Waals surface area contributed by atoms with E-state index in [0.29, 0.717) is 12.5 Å². The molecule has 1 amide bonds. The predicted octanol–water partition coefficient (Wildman–Crippen LogP) is -0.128. The van der Waals surface area contributed by atoms with E-state index in [-0.39, 0.29) is 23.8 Å². The molecule has 6 nitrogen and oxygen atoms in total. The third-order valence-corrected chi connectivity index (χ3v) is 2.14. The summed E-state index contributed by atoms with van der Waals surface area (Å²) in [6, 6.07) is -0.723. The topological polar surface area (TPSA) is 99.7 Å². The zero-order valence-corrected chi connectivity index (χ0v) is 10.3. The average molecular weight is 230 g/mol. The smallest absolute Gasteiger partial charge is 0.236 e. The highest BCUT2D eigenvalue weighted by molar-refractivity contribution is 5.86. The number of amides is 1. The molecule has 16 heavy (non-hydrogen) atoms. The molecular weight excluding hydrogens is 208 g/mol. The molecular formula is C10H22N4O2. The Morgan fingerprint density at radius 3 is 2.31 bits per heavy atom. The molecule has 2 unspecified atom stereocenters. The monoisotopic (exact) mass is 230 g/mol. The maximum Gasteiger partial charge on any atom is 0.236 e. The number of hydrogen-bond acceptors (Lipinski definition) is 4. The maximum absolute atomic E-state index is 11.6. The Morgan fingerprint density at radius 2 is 1.88 bits per heavy atom. The van der Waals surface area contributed by atoms with Gasteiger partial charge >= 0.3 is 0 Å². The van der Waals surface area contributed by atoms with Crippen molar-refractivity contribution in [2.75, 3.05) is 6.54 Å². The number of nitrogens with two attached hydrogens (primary N) is 1. The molecule has 0 aromatic rings. The van der Waals surface area contributed by atoms with Crippen LogP contribution in [0.4, 0.5) is 0 Å². The second-order valence-corrected chi connectivity index (χ2v) is 4.27. The van der Waals surface area contributed by atoms with Crippen LogP contribution in [0.5, 0.6) is 0 Å². The van der Waals surface area contributed by atoms with Crippen molar-refractivity contribution in [1.29, 1.82) is 0 Å². The Morgan fingerprint density at radius 1 is 1.31 bits per heavy atom. The van der Waals surface area contributed by atoms with Crippen molar-refractivity contribution in [3.63, 3.8) is 0 Å². The molecule has 0 aliphatic rings. The first-order valence-corrected chi connectivity index (χ1v) is 5.39. The summed E-state index contributed by atoms with van der Waals surface area (Å²) in [7, 11) is 0. The largest absolute Gasteiger partial charge is 0.409 e. The molecule has 0 saturated carbocycles. The van der Waals surface area contributed by atoms with Crippen LogP contribution >= 0.6 is 0 Å². The van der Waals surface area contributed by atoms with Crippen molar-refractivity contribution >= 4 is 11.7 Å². The van der Waals surface area contributed by atoms with Gasteiger partial charge in [0.2, 0.25) is 5.91 Å². The Kier molecular flexibility index (Phi) is 6.48. The first kappa shape index (κ1) is 14.7. The van der Waals surface area contributed by atoms with E-state index in [4.69, 9.17) is 10.9 Å². The lowest BCUT2D eigenvalue weighted by molar-refractivity contribution is -0.122. The predicted molar refractivity (Wildman–Crippen MR) is 63.3 cm³/mol. The van der Waals surface area contributed by atoms with E-state index in [9.17, 15) is 4.79 Å². The van der Waals surface area contributed by atoms with Crippen molar-refractivity contribution in [2.24, 2.45) is 16.8 Å². The Balaban J connectivity index is 4.05. The maximum atomic E-state index is 11.6. The van der Waals surface area contributed by atoms with Crippen molar-refractivity contribution in [3.05, 3.63) is 0 Å². The van der Waals surface area contributed by atoms with Crippen LogP contribution in [0.2, 0.25) is 0 Å². The van der Waals surface area contributed by atoms with E-state index >= 15 is 0 Å². The summed E-state index contributed by atoms with van der Waals surface area (Å²) < 4.78 is 0. The van der Waals surface area contributed by atoms with Gasteiger partial charge in [0.1, 0.15) is 0 Å². The Labute approximate surface area is 96.3 Å². The summed E-state index contributed by atoms with van der Waals surface area (Å²) in [5.41, 5.74) is 5.39. The zero-order chi connectivity index (χ0) is 12.7. The highest BCUT2D eigenvalue weighted by Crippen LogP contribution is 1.91. The average Bonchev–Trinajstić information content (AvgIpc) is 2.24. The van der Waals surface area contributed by atoms with Crippen LogP contribution in [0.15, 0.2) is 5.16 Å². The number of nitrogens with zero attached hydrogens (tertiary/aromatic N) is 1. The van der Waals surface area contributed by atoms with Crippen molar-refractivity contribution in [3.8, 4) is 0 Å². The fourth-order valence-electron chi connectivity index (χ4n) is 1.08. The summed E-state index contributed by atoms with van der Waals surface area (Å²) in [6.07, 6.45) is 0. The molecule has 0 fully saturated rings. The van der Waals surface area contributed by atoms with E-state index in [0.717, 1.165) is 0 Å². The van der Waals surface area contributed by atoms with Gasteiger partial charge in [0.25, 0.3) is 0 Å². The SMILES string of the molecule is CC(C)CNC(=O)C(C)NC(C)C(N)=NO. The minimum atomic E-state index is -0.381. The molecule has 0 aliphatic heterocycles. The molecule has 2 atom stereocenters. The third-order valence-electron chi connectivity index (χ3n) is 2.14. The number of hydrogen-bond donors (Lipinski definition) is 4. The van der Waals surface area contributed by atoms with Crippen molar-refractivity contribution in [2.45, 2.75) is 39.8 Å². The number of nitrogens with one attached hydrogen (secondary N) is 2. The number of oxime groups is 1. The van der Waals surface area contributed by atoms with Crippen molar-refractivity contribution < 1.29 is 10.0 Å². The lowest BCUT2D eigenvalue weighted by Crippen LogP contribution is -2.50. The molecule has 0 heterocycles. The third kappa shape index (κ3) is 5.55. The fraction of sp³-hybridized carbons (Fsp3) is 0.800. The first-order chi connectivity index (χ1) is 7.38. The molecule has 0 bridgehead atoms. The van der Waals surface area contributed by atoms with Gasteiger partial charge in [-0.25, -0.2) is 0 Å². The second-order valence-electron chi connectivity index (χ2n) is 4.27. The molecule has 0 aromatic heterocycles.